The summed E-state index contributed by atoms with van der Waals surface area (Å²) >= 11 is 0. The van der Waals surface area contributed by atoms with E-state index in [9.17, 15) is 10.2 Å². The number of para-hydroxylation sites is 1. The van der Waals surface area contributed by atoms with Crippen LogP contribution in [0, 0.1) is 0 Å². The van der Waals surface area contributed by atoms with E-state index in [1.165, 1.54) is 0 Å². The standard InChI is InChI=1S/C9H9NO2/c1-10-7-5-3-2-4-6(7)8(11)9(10)12/h2-5,11-12H,1H3. The van der Waals surface area contributed by atoms with Crippen molar-refractivity contribution >= 4 is 10.9 Å². The molecule has 1 aromatic carbocycles. The second-order valence-electron chi connectivity index (χ2n) is 2.75. The molecule has 0 radical (unpaired) electrons. The molecule has 0 atom stereocenters. The molecule has 0 spiro atoms. The van der Waals surface area contributed by atoms with Crippen molar-refractivity contribution in [1.29, 1.82) is 0 Å². The summed E-state index contributed by atoms with van der Waals surface area (Å²) in [6.07, 6.45) is 0. The minimum atomic E-state index is -0.0869. The van der Waals surface area contributed by atoms with E-state index in [1.54, 1.807) is 17.7 Å². The molecule has 2 N–H and O–H groups in total. The van der Waals surface area contributed by atoms with Gasteiger partial charge in [0.2, 0.25) is 5.88 Å². The van der Waals surface area contributed by atoms with Gasteiger partial charge in [0.05, 0.1) is 5.52 Å². The maximum Gasteiger partial charge on any atom is 0.235 e. The molecule has 0 saturated carbocycles. The predicted molar refractivity (Wildman–Crippen MR) is 46.2 cm³/mol. The van der Waals surface area contributed by atoms with Gasteiger partial charge in [0.15, 0.2) is 5.75 Å². The summed E-state index contributed by atoms with van der Waals surface area (Å²) in [6.45, 7) is 0. The summed E-state index contributed by atoms with van der Waals surface area (Å²) in [7, 11) is 1.71. The quantitative estimate of drug-likeness (QED) is 0.619. The van der Waals surface area contributed by atoms with Crippen LogP contribution in [0.3, 0.4) is 0 Å². The maximum atomic E-state index is 9.41. The zero-order chi connectivity index (χ0) is 8.72. The van der Waals surface area contributed by atoms with Gasteiger partial charge >= 0.3 is 0 Å². The first-order valence-electron chi connectivity index (χ1n) is 3.67. The van der Waals surface area contributed by atoms with Gasteiger partial charge in [-0.15, -0.1) is 0 Å². The molecule has 2 rings (SSSR count). The number of hydrogen-bond acceptors (Lipinski definition) is 2. The largest absolute Gasteiger partial charge is 0.503 e. The molecule has 0 aliphatic rings. The van der Waals surface area contributed by atoms with Crippen molar-refractivity contribution in [2.45, 2.75) is 0 Å². The lowest BCUT2D eigenvalue weighted by atomic mass is 10.2. The van der Waals surface area contributed by atoms with Crippen LogP contribution in [0.5, 0.6) is 11.6 Å². The molecule has 12 heavy (non-hydrogen) atoms. The van der Waals surface area contributed by atoms with Crippen LogP contribution in [0.15, 0.2) is 24.3 Å². The van der Waals surface area contributed by atoms with Crippen molar-refractivity contribution in [3.8, 4) is 11.6 Å². The third-order valence-corrected chi connectivity index (χ3v) is 2.05. The molecule has 0 unspecified atom stereocenters. The lowest BCUT2D eigenvalue weighted by Gasteiger charge is -1.94. The number of aromatic hydroxyl groups is 2. The summed E-state index contributed by atoms with van der Waals surface area (Å²) in [4.78, 5) is 0. The fraction of sp³-hybridized carbons (Fsp3) is 0.111. The van der Waals surface area contributed by atoms with Crippen LogP contribution < -0.4 is 0 Å². The molecule has 1 aromatic heterocycles. The topological polar surface area (TPSA) is 45.4 Å². The molecule has 1 heterocycles. The van der Waals surface area contributed by atoms with E-state index in [2.05, 4.69) is 0 Å². The van der Waals surface area contributed by atoms with Crippen molar-refractivity contribution in [1.82, 2.24) is 4.57 Å². The Bertz CT molecular complexity index is 392. The van der Waals surface area contributed by atoms with Crippen LogP contribution in [0.25, 0.3) is 10.9 Å². The normalized spacial score (nSPS) is 10.8. The molecule has 0 aliphatic carbocycles. The van der Waals surface area contributed by atoms with E-state index < -0.39 is 0 Å². The van der Waals surface area contributed by atoms with Crippen LogP contribution in [-0.2, 0) is 7.05 Å². The van der Waals surface area contributed by atoms with Crippen LogP contribution >= 0.6 is 0 Å². The fourth-order valence-electron chi connectivity index (χ4n) is 1.36. The number of aromatic nitrogens is 1. The summed E-state index contributed by atoms with van der Waals surface area (Å²) in [5.41, 5.74) is 0.826. The minimum absolute atomic E-state index is 0.0481. The third kappa shape index (κ3) is 0.704. The average Bonchev–Trinajstić information content (AvgIpc) is 2.33. The van der Waals surface area contributed by atoms with Crippen LogP contribution in [0.4, 0.5) is 0 Å². The number of fused-ring (bicyclic) bond motifs is 1. The third-order valence-electron chi connectivity index (χ3n) is 2.05. The molecular weight excluding hydrogens is 154 g/mol. The Balaban J connectivity index is 2.99. The highest BCUT2D eigenvalue weighted by Crippen LogP contribution is 2.35. The molecular formula is C9H9NO2. The zero-order valence-corrected chi connectivity index (χ0v) is 6.65. The highest BCUT2D eigenvalue weighted by molar-refractivity contribution is 5.89. The lowest BCUT2D eigenvalue weighted by molar-refractivity contribution is 0.383. The van der Waals surface area contributed by atoms with Gasteiger partial charge in [0.25, 0.3) is 0 Å². The first kappa shape index (κ1) is 7.03. The summed E-state index contributed by atoms with van der Waals surface area (Å²) in [5, 5.41) is 19.4. The first-order valence-corrected chi connectivity index (χ1v) is 3.67. The van der Waals surface area contributed by atoms with Crippen LogP contribution in [0.1, 0.15) is 0 Å². The van der Waals surface area contributed by atoms with Crippen LogP contribution in [0.2, 0.25) is 0 Å². The van der Waals surface area contributed by atoms with E-state index in [0.29, 0.717) is 5.39 Å². The van der Waals surface area contributed by atoms with Crippen LogP contribution in [-0.4, -0.2) is 14.8 Å². The molecule has 3 nitrogen and oxygen atoms in total. The zero-order valence-electron chi connectivity index (χ0n) is 6.65. The second-order valence-corrected chi connectivity index (χ2v) is 2.75. The summed E-state index contributed by atoms with van der Waals surface area (Å²) < 4.78 is 1.55. The Kier molecular flexibility index (Phi) is 1.27. The highest BCUT2D eigenvalue weighted by Gasteiger charge is 2.11. The number of aryl methyl sites for hydroxylation is 1. The maximum absolute atomic E-state index is 9.41. The number of benzene rings is 1. The summed E-state index contributed by atoms with van der Waals surface area (Å²) in [6, 6.07) is 7.29. The molecule has 0 fully saturated rings. The molecule has 0 amide bonds. The predicted octanol–water partition coefficient (Wildman–Crippen LogP) is 1.59. The van der Waals surface area contributed by atoms with Gasteiger partial charge < -0.3 is 14.8 Å². The van der Waals surface area contributed by atoms with Crippen molar-refractivity contribution in [2.75, 3.05) is 0 Å². The monoisotopic (exact) mass is 163 g/mol. The van der Waals surface area contributed by atoms with Gasteiger partial charge in [-0.1, -0.05) is 12.1 Å². The van der Waals surface area contributed by atoms with Gasteiger partial charge in [-0.3, -0.25) is 0 Å². The number of rotatable bonds is 0. The Labute approximate surface area is 69.5 Å². The molecule has 0 aliphatic heterocycles. The van der Waals surface area contributed by atoms with Gasteiger partial charge in [-0.25, -0.2) is 0 Å². The lowest BCUT2D eigenvalue weighted by Crippen LogP contribution is -1.84. The van der Waals surface area contributed by atoms with Gasteiger partial charge in [0, 0.05) is 12.4 Å². The van der Waals surface area contributed by atoms with E-state index in [1.807, 2.05) is 18.2 Å². The molecule has 2 aromatic rings. The second kappa shape index (κ2) is 2.17. The highest BCUT2D eigenvalue weighted by atomic mass is 16.3. The van der Waals surface area contributed by atoms with E-state index in [-0.39, 0.29) is 11.6 Å². The van der Waals surface area contributed by atoms with Gasteiger partial charge in [-0.2, -0.15) is 0 Å². The van der Waals surface area contributed by atoms with Crippen molar-refractivity contribution in [3.63, 3.8) is 0 Å². The molecule has 3 heteroatoms. The first-order chi connectivity index (χ1) is 5.72. The Morgan fingerprint density at radius 1 is 1.17 bits per heavy atom. The van der Waals surface area contributed by atoms with Crippen molar-refractivity contribution < 1.29 is 10.2 Å². The van der Waals surface area contributed by atoms with E-state index >= 15 is 0 Å². The van der Waals surface area contributed by atoms with Gasteiger partial charge in [0.1, 0.15) is 0 Å². The summed E-state index contributed by atoms with van der Waals surface area (Å²) in [5.74, 6) is -0.135. The van der Waals surface area contributed by atoms with E-state index in [0.717, 1.165) is 5.52 Å². The van der Waals surface area contributed by atoms with Gasteiger partial charge in [-0.05, 0) is 12.1 Å². The van der Waals surface area contributed by atoms with E-state index in [4.69, 9.17) is 0 Å². The van der Waals surface area contributed by atoms with Crippen molar-refractivity contribution in [2.24, 2.45) is 7.05 Å². The number of nitrogens with zero attached hydrogens (tertiary/aromatic N) is 1. The van der Waals surface area contributed by atoms with Crippen molar-refractivity contribution in [3.05, 3.63) is 24.3 Å². The molecule has 62 valence electrons. The average molecular weight is 163 g/mol. The molecule has 0 saturated heterocycles. The fourth-order valence-corrected chi connectivity index (χ4v) is 1.36. The molecule has 0 bridgehead atoms. The Hall–Kier alpha value is -1.64. The number of hydrogen-bond donors (Lipinski definition) is 2. The Morgan fingerprint density at radius 2 is 1.83 bits per heavy atom. The Morgan fingerprint density at radius 3 is 2.50 bits per heavy atom. The smallest absolute Gasteiger partial charge is 0.235 e. The minimum Gasteiger partial charge on any atom is -0.503 e. The SMILES string of the molecule is Cn1c(O)c(O)c2ccccc21.